The minimum Gasteiger partial charge on any atom is -0.449 e. The lowest BCUT2D eigenvalue weighted by atomic mass is 9.99. The predicted molar refractivity (Wildman–Crippen MR) is 143 cm³/mol. The molecule has 11 nitrogen and oxygen atoms in total. The lowest BCUT2D eigenvalue weighted by Gasteiger charge is -2.32. The molecule has 0 saturated carbocycles. The van der Waals surface area contributed by atoms with Crippen molar-refractivity contribution in [1.82, 2.24) is 9.36 Å². The van der Waals surface area contributed by atoms with Gasteiger partial charge < -0.3 is 15.0 Å². The van der Waals surface area contributed by atoms with Gasteiger partial charge in [-0.2, -0.15) is 0 Å². The van der Waals surface area contributed by atoms with Crippen molar-refractivity contribution in [1.29, 1.82) is 0 Å². The molecule has 1 aliphatic heterocycles. The number of amides is 1. The van der Waals surface area contributed by atoms with Crippen LogP contribution in [-0.2, 0) is 16.6 Å². The molecule has 200 valence electrons. The molecule has 2 heterocycles. The van der Waals surface area contributed by atoms with Crippen molar-refractivity contribution >= 4 is 28.9 Å². The number of para-hydroxylation sites is 1. The van der Waals surface area contributed by atoms with E-state index >= 15 is 0 Å². The largest absolute Gasteiger partial charge is 0.449 e. The molecule has 1 saturated heterocycles. The van der Waals surface area contributed by atoms with E-state index in [0.29, 0.717) is 36.1 Å². The summed E-state index contributed by atoms with van der Waals surface area (Å²) >= 11 is 0. The van der Waals surface area contributed by atoms with Crippen molar-refractivity contribution < 1.29 is 19.2 Å². The summed E-state index contributed by atoms with van der Waals surface area (Å²) in [6.45, 7) is 6.57. The average molecular weight is 522 g/mol. The van der Waals surface area contributed by atoms with Crippen molar-refractivity contribution in [3.05, 3.63) is 80.3 Å². The van der Waals surface area contributed by atoms with Crippen LogP contribution >= 0.6 is 0 Å². The van der Waals surface area contributed by atoms with E-state index in [1.54, 1.807) is 49.0 Å². The lowest BCUT2D eigenvalue weighted by molar-refractivity contribution is -0.384. The zero-order chi connectivity index (χ0) is 27.6. The minimum absolute atomic E-state index is 0.0347. The number of carbonyl (C=O) groups is 2. The van der Waals surface area contributed by atoms with Gasteiger partial charge in [-0.05, 0) is 56.9 Å². The molecule has 2 atom stereocenters. The molecule has 1 aliphatic rings. The molecule has 0 aliphatic carbocycles. The number of hydrogen-bond acceptors (Lipinski definition) is 7. The van der Waals surface area contributed by atoms with Gasteiger partial charge in [-0.15, -0.1) is 0 Å². The fourth-order valence-corrected chi connectivity index (χ4v) is 4.69. The van der Waals surface area contributed by atoms with E-state index in [1.165, 1.54) is 23.7 Å². The molecule has 0 spiro atoms. The molecule has 0 unspecified atom stereocenters. The number of nitro benzene ring substituents is 1. The van der Waals surface area contributed by atoms with Crippen LogP contribution in [0.15, 0.2) is 53.3 Å². The number of anilines is 2. The Morgan fingerprint density at radius 2 is 1.89 bits per heavy atom. The van der Waals surface area contributed by atoms with Crippen molar-refractivity contribution in [2.24, 2.45) is 13.0 Å². The van der Waals surface area contributed by atoms with Gasteiger partial charge in [-0.25, -0.2) is 9.48 Å². The molecule has 3 aromatic rings. The monoisotopic (exact) mass is 521 g/mol. The summed E-state index contributed by atoms with van der Waals surface area (Å²) in [5, 5.41) is 14.3. The second-order valence-corrected chi connectivity index (χ2v) is 9.63. The number of ether oxygens (including phenoxy) is 1. The van der Waals surface area contributed by atoms with Gasteiger partial charge in [-0.1, -0.05) is 25.1 Å². The molecule has 1 N–H and O–H groups in total. The Morgan fingerprint density at radius 1 is 1.18 bits per heavy atom. The smallest absolute Gasteiger partial charge is 0.339 e. The van der Waals surface area contributed by atoms with E-state index in [4.69, 9.17) is 4.74 Å². The summed E-state index contributed by atoms with van der Waals surface area (Å²) in [6, 6.07) is 13.2. The molecule has 38 heavy (non-hydrogen) atoms. The number of nitro groups is 1. The highest BCUT2D eigenvalue weighted by Crippen LogP contribution is 2.32. The third-order valence-electron chi connectivity index (χ3n) is 6.86. The van der Waals surface area contributed by atoms with Gasteiger partial charge in [0.05, 0.1) is 21.9 Å². The van der Waals surface area contributed by atoms with Crippen molar-refractivity contribution in [2.45, 2.75) is 39.7 Å². The van der Waals surface area contributed by atoms with Crippen LogP contribution in [-0.4, -0.2) is 45.4 Å². The topological polar surface area (TPSA) is 129 Å². The van der Waals surface area contributed by atoms with E-state index in [9.17, 15) is 24.5 Å². The number of aromatic nitrogens is 2. The van der Waals surface area contributed by atoms with Crippen molar-refractivity contribution in [3.63, 3.8) is 0 Å². The summed E-state index contributed by atoms with van der Waals surface area (Å²) in [7, 11) is 1.70. The van der Waals surface area contributed by atoms with Gasteiger partial charge in [0.1, 0.15) is 11.4 Å². The van der Waals surface area contributed by atoms with Crippen molar-refractivity contribution in [2.75, 3.05) is 23.3 Å². The zero-order valence-electron chi connectivity index (χ0n) is 21.8. The van der Waals surface area contributed by atoms with Gasteiger partial charge in [-0.3, -0.25) is 24.4 Å². The number of piperidine rings is 1. The molecular formula is C27H31N5O6. The van der Waals surface area contributed by atoms with E-state index in [0.717, 1.165) is 12.8 Å². The molecule has 4 rings (SSSR count). The van der Waals surface area contributed by atoms with Crippen LogP contribution in [0.25, 0.3) is 5.69 Å². The quantitative estimate of drug-likeness (QED) is 0.284. The molecule has 2 aromatic carbocycles. The Bertz CT molecular complexity index is 1430. The summed E-state index contributed by atoms with van der Waals surface area (Å²) in [5.74, 6) is -1.16. The van der Waals surface area contributed by atoms with Gasteiger partial charge in [0, 0.05) is 26.2 Å². The molecule has 1 fully saturated rings. The first-order chi connectivity index (χ1) is 18.1. The van der Waals surface area contributed by atoms with Crippen molar-refractivity contribution in [3.8, 4) is 5.69 Å². The normalized spacial score (nSPS) is 16.1. The highest BCUT2D eigenvalue weighted by Gasteiger charge is 2.27. The van der Waals surface area contributed by atoms with E-state index < -0.39 is 28.5 Å². The first kappa shape index (κ1) is 26.6. The predicted octanol–water partition coefficient (Wildman–Crippen LogP) is 3.81. The molecule has 1 amide bonds. The van der Waals surface area contributed by atoms with E-state index in [1.807, 2.05) is 11.0 Å². The number of nitrogens with zero attached hydrogens (tertiary/aromatic N) is 4. The number of benzene rings is 2. The van der Waals surface area contributed by atoms with Gasteiger partial charge in [0.15, 0.2) is 6.10 Å². The summed E-state index contributed by atoms with van der Waals surface area (Å²) in [4.78, 5) is 51.9. The fraction of sp³-hybridized carbons (Fsp3) is 0.370. The number of nitrogens with one attached hydrogen (secondary N) is 1. The number of esters is 1. The summed E-state index contributed by atoms with van der Waals surface area (Å²) < 4.78 is 8.35. The first-order valence-corrected chi connectivity index (χ1v) is 12.5. The van der Waals surface area contributed by atoms with Crippen LogP contribution in [0.2, 0.25) is 0 Å². The third-order valence-corrected chi connectivity index (χ3v) is 6.86. The van der Waals surface area contributed by atoms with Crippen LogP contribution in [0.3, 0.4) is 0 Å². The summed E-state index contributed by atoms with van der Waals surface area (Å²) in [6.07, 6.45) is 0.747. The number of hydrogen-bond donors (Lipinski definition) is 1. The lowest BCUT2D eigenvalue weighted by Crippen LogP contribution is -2.34. The standard InChI is InChI=1S/C27H31N5O6/c1-17-9-8-14-30(16-17)22-13-12-20(15-23(22)32(36)37)27(35)38-19(3)25(33)28-24-18(2)29(4)31(26(24)34)21-10-6-5-7-11-21/h5-7,10-13,15,17,19H,8-9,14,16H2,1-4H3,(H,28,33)/t17-,19-/m0/s1. The molecule has 1 aromatic heterocycles. The highest BCUT2D eigenvalue weighted by molar-refractivity contribution is 5.98. The van der Waals surface area contributed by atoms with Gasteiger partial charge in [0.25, 0.3) is 17.2 Å². The first-order valence-electron chi connectivity index (χ1n) is 12.5. The van der Waals surface area contributed by atoms with Crippen LogP contribution in [0.5, 0.6) is 0 Å². The van der Waals surface area contributed by atoms with Gasteiger partial charge >= 0.3 is 5.97 Å². The van der Waals surface area contributed by atoms with Crippen LogP contribution in [0.4, 0.5) is 17.1 Å². The van der Waals surface area contributed by atoms with E-state index in [-0.39, 0.29) is 16.9 Å². The Hall–Kier alpha value is -4.41. The van der Waals surface area contributed by atoms with Gasteiger partial charge in [0.2, 0.25) is 0 Å². The van der Waals surface area contributed by atoms with Crippen LogP contribution in [0, 0.1) is 23.0 Å². The maximum Gasteiger partial charge on any atom is 0.339 e. The maximum absolute atomic E-state index is 13.0. The zero-order valence-corrected chi connectivity index (χ0v) is 21.8. The Morgan fingerprint density at radius 3 is 2.55 bits per heavy atom. The maximum atomic E-state index is 13.0. The molecule has 0 bridgehead atoms. The number of rotatable bonds is 7. The van der Waals surface area contributed by atoms with Crippen LogP contribution in [0.1, 0.15) is 42.7 Å². The Labute approximate surface area is 219 Å². The highest BCUT2D eigenvalue weighted by atomic mass is 16.6. The SMILES string of the molecule is Cc1c(NC(=O)[C@H](C)OC(=O)c2ccc(N3CCC[C@H](C)C3)c([N+](=O)[O-])c2)c(=O)n(-c2ccccc2)n1C. The molecule has 11 heteroatoms. The molecular weight excluding hydrogens is 490 g/mol. The average Bonchev–Trinajstić information content (AvgIpc) is 3.11. The van der Waals surface area contributed by atoms with Crippen LogP contribution < -0.4 is 15.8 Å². The second kappa shape index (κ2) is 10.9. The summed E-state index contributed by atoms with van der Waals surface area (Å²) in [5.41, 5.74) is 1.02. The second-order valence-electron chi connectivity index (χ2n) is 9.63. The third kappa shape index (κ3) is 5.31. The Balaban J connectivity index is 1.49. The fourth-order valence-electron chi connectivity index (χ4n) is 4.69. The number of carbonyl (C=O) groups excluding carboxylic acids is 2. The molecule has 0 radical (unpaired) electrons. The van der Waals surface area contributed by atoms with E-state index in [2.05, 4.69) is 12.2 Å². The Kier molecular flexibility index (Phi) is 7.65. The minimum atomic E-state index is -1.26.